The molecule has 1 saturated heterocycles. The fourth-order valence-corrected chi connectivity index (χ4v) is 1.74. The lowest BCUT2D eigenvalue weighted by molar-refractivity contribution is 0.0940. The van der Waals surface area contributed by atoms with Crippen LogP contribution in [0.5, 0.6) is 0 Å². The molecule has 1 fully saturated rings. The van der Waals surface area contributed by atoms with Crippen molar-refractivity contribution in [3.05, 3.63) is 29.6 Å². The molecule has 0 spiro atoms. The predicted octanol–water partition coefficient (Wildman–Crippen LogP) is 1.16. The third-order valence-electron chi connectivity index (χ3n) is 2.70. The van der Waals surface area contributed by atoms with Crippen LogP contribution in [-0.4, -0.2) is 30.6 Å². The van der Waals surface area contributed by atoms with Gasteiger partial charge < -0.3 is 10.1 Å². The van der Waals surface area contributed by atoms with Crippen molar-refractivity contribution in [1.29, 1.82) is 0 Å². The number of ether oxygens (including phenoxy) is 1. The zero-order valence-electron chi connectivity index (χ0n) is 9.40. The fraction of sp³-hybridized carbons (Fsp3) is 0.500. The van der Waals surface area contributed by atoms with E-state index < -0.39 is 0 Å². The number of amides is 1. The molecule has 1 aromatic heterocycles. The zero-order chi connectivity index (χ0) is 11.4. The molecule has 2 rings (SSSR count). The van der Waals surface area contributed by atoms with E-state index in [2.05, 4.69) is 10.3 Å². The number of rotatable bonds is 3. The molecule has 86 valence electrons. The molecule has 4 heteroatoms. The number of nitrogens with one attached hydrogen (secondary N) is 1. The summed E-state index contributed by atoms with van der Waals surface area (Å²) in [7, 11) is 0. The summed E-state index contributed by atoms with van der Waals surface area (Å²) in [5.41, 5.74) is 1.34. The molecule has 1 aromatic rings. The van der Waals surface area contributed by atoms with Gasteiger partial charge in [-0.3, -0.25) is 4.79 Å². The Bertz CT molecular complexity index is 373. The molecule has 0 radical (unpaired) electrons. The van der Waals surface area contributed by atoms with Gasteiger partial charge in [0.15, 0.2) is 0 Å². The SMILES string of the molecule is Cc1cccc(C(=O)NCC2CCOC2)n1. The summed E-state index contributed by atoms with van der Waals surface area (Å²) in [5.74, 6) is 0.351. The minimum absolute atomic E-state index is 0.101. The Hall–Kier alpha value is -1.42. The number of nitrogens with zero attached hydrogens (tertiary/aromatic N) is 1. The standard InChI is InChI=1S/C12H16N2O2/c1-9-3-2-4-11(14-9)12(15)13-7-10-5-6-16-8-10/h2-4,10H,5-8H2,1H3,(H,13,15). The van der Waals surface area contributed by atoms with Crippen molar-refractivity contribution in [1.82, 2.24) is 10.3 Å². The predicted molar refractivity (Wildman–Crippen MR) is 60.2 cm³/mol. The number of aromatic nitrogens is 1. The molecule has 1 atom stereocenters. The maximum atomic E-state index is 11.7. The van der Waals surface area contributed by atoms with Gasteiger partial charge in [0.25, 0.3) is 5.91 Å². The molecule has 1 amide bonds. The van der Waals surface area contributed by atoms with Crippen LogP contribution < -0.4 is 5.32 Å². The van der Waals surface area contributed by atoms with E-state index in [1.807, 2.05) is 19.1 Å². The van der Waals surface area contributed by atoms with Crippen LogP contribution >= 0.6 is 0 Å². The molecular weight excluding hydrogens is 204 g/mol. The first-order chi connectivity index (χ1) is 7.75. The minimum Gasteiger partial charge on any atom is -0.381 e. The van der Waals surface area contributed by atoms with Gasteiger partial charge in [0.05, 0.1) is 6.61 Å². The van der Waals surface area contributed by atoms with Gasteiger partial charge in [-0.15, -0.1) is 0 Å². The maximum absolute atomic E-state index is 11.7. The second-order valence-corrected chi connectivity index (χ2v) is 4.10. The van der Waals surface area contributed by atoms with Gasteiger partial charge in [0.2, 0.25) is 0 Å². The van der Waals surface area contributed by atoms with Gasteiger partial charge in [0.1, 0.15) is 5.69 Å². The molecular formula is C12H16N2O2. The first-order valence-electron chi connectivity index (χ1n) is 5.55. The van der Waals surface area contributed by atoms with E-state index in [9.17, 15) is 4.79 Å². The van der Waals surface area contributed by atoms with Crippen molar-refractivity contribution in [2.24, 2.45) is 5.92 Å². The number of aryl methyl sites for hydroxylation is 1. The lowest BCUT2D eigenvalue weighted by atomic mass is 10.1. The van der Waals surface area contributed by atoms with Gasteiger partial charge in [0, 0.05) is 24.8 Å². The van der Waals surface area contributed by atoms with Crippen LogP contribution in [0.25, 0.3) is 0 Å². The molecule has 16 heavy (non-hydrogen) atoms. The van der Waals surface area contributed by atoms with E-state index in [0.717, 1.165) is 25.3 Å². The van der Waals surface area contributed by atoms with Crippen molar-refractivity contribution >= 4 is 5.91 Å². The molecule has 0 saturated carbocycles. The van der Waals surface area contributed by atoms with E-state index in [1.165, 1.54) is 0 Å². The summed E-state index contributed by atoms with van der Waals surface area (Å²) < 4.78 is 5.25. The number of carbonyl (C=O) groups excluding carboxylic acids is 1. The topological polar surface area (TPSA) is 51.2 Å². The molecule has 2 heterocycles. The van der Waals surface area contributed by atoms with Crippen molar-refractivity contribution in [2.75, 3.05) is 19.8 Å². The fourth-order valence-electron chi connectivity index (χ4n) is 1.74. The van der Waals surface area contributed by atoms with E-state index >= 15 is 0 Å². The molecule has 0 aliphatic carbocycles. The average Bonchev–Trinajstić information content (AvgIpc) is 2.78. The summed E-state index contributed by atoms with van der Waals surface area (Å²) >= 11 is 0. The smallest absolute Gasteiger partial charge is 0.269 e. The Balaban J connectivity index is 1.87. The Morgan fingerprint density at radius 1 is 1.62 bits per heavy atom. The Labute approximate surface area is 95.0 Å². The monoisotopic (exact) mass is 220 g/mol. The van der Waals surface area contributed by atoms with Crippen LogP contribution in [0, 0.1) is 12.8 Å². The third kappa shape index (κ3) is 2.79. The second kappa shape index (κ2) is 5.07. The summed E-state index contributed by atoms with van der Waals surface area (Å²) in [5, 5.41) is 2.89. The van der Waals surface area contributed by atoms with Gasteiger partial charge in [-0.1, -0.05) is 6.07 Å². The highest BCUT2D eigenvalue weighted by Crippen LogP contribution is 2.10. The van der Waals surface area contributed by atoms with Gasteiger partial charge in [-0.2, -0.15) is 0 Å². The molecule has 1 unspecified atom stereocenters. The van der Waals surface area contributed by atoms with Crippen LogP contribution in [0.15, 0.2) is 18.2 Å². The van der Waals surface area contributed by atoms with Crippen LogP contribution in [0.2, 0.25) is 0 Å². The van der Waals surface area contributed by atoms with E-state index in [-0.39, 0.29) is 5.91 Å². The van der Waals surface area contributed by atoms with Crippen LogP contribution in [-0.2, 0) is 4.74 Å². The Morgan fingerprint density at radius 2 is 2.50 bits per heavy atom. The van der Waals surface area contributed by atoms with Crippen molar-refractivity contribution in [3.8, 4) is 0 Å². The van der Waals surface area contributed by atoms with Crippen LogP contribution in [0.4, 0.5) is 0 Å². The number of carbonyl (C=O) groups is 1. The molecule has 0 aromatic carbocycles. The van der Waals surface area contributed by atoms with E-state index in [0.29, 0.717) is 18.2 Å². The summed E-state index contributed by atoms with van der Waals surface area (Å²) in [4.78, 5) is 15.9. The molecule has 1 N–H and O–H groups in total. The van der Waals surface area contributed by atoms with Gasteiger partial charge in [-0.25, -0.2) is 4.98 Å². The lowest BCUT2D eigenvalue weighted by Crippen LogP contribution is -2.30. The number of pyridine rings is 1. The van der Waals surface area contributed by atoms with Crippen molar-refractivity contribution < 1.29 is 9.53 Å². The molecule has 1 aliphatic rings. The first-order valence-corrected chi connectivity index (χ1v) is 5.55. The molecule has 4 nitrogen and oxygen atoms in total. The Morgan fingerprint density at radius 3 is 3.19 bits per heavy atom. The maximum Gasteiger partial charge on any atom is 0.269 e. The minimum atomic E-state index is -0.101. The third-order valence-corrected chi connectivity index (χ3v) is 2.70. The normalized spacial score (nSPS) is 19.7. The van der Waals surface area contributed by atoms with Crippen LogP contribution in [0.1, 0.15) is 22.6 Å². The molecule has 0 bridgehead atoms. The second-order valence-electron chi connectivity index (χ2n) is 4.10. The number of hydrogen-bond acceptors (Lipinski definition) is 3. The first kappa shape index (κ1) is 11.1. The lowest BCUT2D eigenvalue weighted by Gasteiger charge is -2.09. The van der Waals surface area contributed by atoms with Gasteiger partial charge in [-0.05, 0) is 25.5 Å². The summed E-state index contributed by atoms with van der Waals surface area (Å²) in [6.45, 7) is 4.11. The van der Waals surface area contributed by atoms with E-state index in [1.54, 1.807) is 6.07 Å². The average molecular weight is 220 g/mol. The van der Waals surface area contributed by atoms with Crippen LogP contribution in [0.3, 0.4) is 0 Å². The zero-order valence-corrected chi connectivity index (χ0v) is 9.40. The molecule has 1 aliphatic heterocycles. The highest BCUT2D eigenvalue weighted by Gasteiger charge is 2.17. The quantitative estimate of drug-likeness (QED) is 0.831. The van der Waals surface area contributed by atoms with Gasteiger partial charge >= 0.3 is 0 Å². The summed E-state index contributed by atoms with van der Waals surface area (Å²) in [6.07, 6.45) is 1.03. The van der Waals surface area contributed by atoms with E-state index in [4.69, 9.17) is 4.74 Å². The number of hydrogen-bond donors (Lipinski definition) is 1. The summed E-state index contributed by atoms with van der Waals surface area (Å²) in [6, 6.07) is 5.45. The largest absolute Gasteiger partial charge is 0.381 e. The highest BCUT2D eigenvalue weighted by molar-refractivity contribution is 5.92. The van der Waals surface area contributed by atoms with Crippen molar-refractivity contribution in [2.45, 2.75) is 13.3 Å². The Kier molecular flexibility index (Phi) is 3.51. The van der Waals surface area contributed by atoms with Crippen molar-refractivity contribution in [3.63, 3.8) is 0 Å². The highest BCUT2D eigenvalue weighted by atomic mass is 16.5.